The molecule has 1 saturated carbocycles. The number of rotatable bonds is 8. The fourth-order valence-electron chi connectivity index (χ4n) is 5.16. The highest BCUT2D eigenvalue weighted by Crippen LogP contribution is 2.40. The summed E-state index contributed by atoms with van der Waals surface area (Å²) in [6.07, 6.45) is 13.8. The van der Waals surface area contributed by atoms with Crippen LogP contribution < -0.4 is 5.32 Å². The van der Waals surface area contributed by atoms with Gasteiger partial charge in [0, 0.05) is 28.5 Å². The zero-order chi connectivity index (χ0) is 20.9. The maximum atomic E-state index is 13.4. The van der Waals surface area contributed by atoms with Crippen LogP contribution in [0.3, 0.4) is 0 Å². The normalized spacial score (nSPS) is 22.3. The Morgan fingerprint density at radius 3 is 2.87 bits per heavy atom. The maximum absolute atomic E-state index is 13.4. The van der Waals surface area contributed by atoms with E-state index in [0.717, 1.165) is 31.4 Å². The molecule has 1 unspecified atom stereocenters. The van der Waals surface area contributed by atoms with Crippen molar-refractivity contribution >= 4 is 17.5 Å². The van der Waals surface area contributed by atoms with Crippen LogP contribution >= 0.6 is 0 Å². The molecule has 2 aliphatic rings. The Morgan fingerprint density at radius 2 is 2.07 bits per heavy atom. The van der Waals surface area contributed by atoms with Gasteiger partial charge in [-0.15, -0.1) is 0 Å². The minimum absolute atomic E-state index is 0. The number of Topliss-reactive ketones (excluding diaryl/α,β-unsaturated/α-hetero) is 1. The zero-order valence-corrected chi connectivity index (χ0v) is 18.3. The zero-order valence-electron chi connectivity index (χ0n) is 18.3. The number of para-hydroxylation sites is 1. The molecule has 30 heavy (non-hydrogen) atoms. The molecule has 1 aromatic carbocycles. The van der Waals surface area contributed by atoms with E-state index in [4.69, 9.17) is 4.98 Å². The van der Waals surface area contributed by atoms with Gasteiger partial charge < -0.3 is 5.32 Å². The lowest BCUT2D eigenvalue weighted by Crippen LogP contribution is -2.37. The van der Waals surface area contributed by atoms with Crippen LogP contribution in [0.5, 0.6) is 0 Å². The third-order valence-corrected chi connectivity index (χ3v) is 7.05. The van der Waals surface area contributed by atoms with Gasteiger partial charge in [0.1, 0.15) is 0 Å². The fraction of sp³-hybridized carbons (Fsp3) is 0.481. The van der Waals surface area contributed by atoms with E-state index in [1.165, 1.54) is 29.7 Å². The average Bonchev–Trinajstić information content (AvgIpc) is 3.27. The summed E-state index contributed by atoms with van der Waals surface area (Å²) in [5.74, 6) is 1.63. The van der Waals surface area contributed by atoms with Gasteiger partial charge >= 0.3 is 0 Å². The maximum Gasteiger partial charge on any atom is 0.155 e. The molecule has 0 aliphatic heterocycles. The van der Waals surface area contributed by atoms with E-state index in [9.17, 15) is 4.79 Å². The lowest BCUT2D eigenvalue weighted by Gasteiger charge is -2.31. The van der Waals surface area contributed by atoms with E-state index in [1.807, 2.05) is 24.4 Å². The number of carbonyl (C=O) groups is 1. The number of carbonyl (C=O) groups excluding carboxylic acids is 1. The van der Waals surface area contributed by atoms with Crippen molar-refractivity contribution in [1.29, 1.82) is 0 Å². The van der Waals surface area contributed by atoms with Gasteiger partial charge in [0.15, 0.2) is 5.78 Å². The van der Waals surface area contributed by atoms with Gasteiger partial charge in [-0.05, 0) is 66.8 Å². The monoisotopic (exact) mass is 408 g/mol. The number of anilines is 1. The van der Waals surface area contributed by atoms with Crippen molar-refractivity contribution in [3.05, 3.63) is 65.5 Å². The first-order valence-electron chi connectivity index (χ1n) is 11.6. The molecule has 164 valence electrons. The number of nitrogens with one attached hydrogen (secondary N) is 1. The Hall–Kier alpha value is -2.42. The van der Waals surface area contributed by atoms with Gasteiger partial charge in [-0.2, -0.15) is 0 Å². The van der Waals surface area contributed by atoms with Crippen LogP contribution in [0.2, 0.25) is 0 Å². The molecule has 0 spiro atoms. The molecular formula is C27H40N2O. The highest BCUT2D eigenvalue weighted by atomic mass is 16.1. The van der Waals surface area contributed by atoms with Crippen LogP contribution in [0.25, 0.3) is 6.08 Å². The number of pyridine rings is 1. The molecule has 4 rings (SSSR count). The van der Waals surface area contributed by atoms with Crippen molar-refractivity contribution in [2.45, 2.75) is 70.8 Å². The SMILES string of the molecule is CC[C@H](C)[C@@H](Nc1ccccc1)C(=O)C[C@@H]1CCCC(c2nccc3c2C=CC3)C1.[HH].[HH].[HH]. The third-order valence-electron chi connectivity index (χ3n) is 7.05. The molecule has 2 aromatic rings. The molecule has 0 amide bonds. The lowest BCUT2D eigenvalue weighted by atomic mass is 9.75. The van der Waals surface area contributed by atoms with E-state index in [1.54, 1.807) is 0 Å². The molecule has 1 aromatic heterocycles. The van der Waals surface area contributed by atoms with Crippen LogP contribution in [0.15, 0.2) is 48.7 Å². The summed E-state index contributed by atoms with van der Waals surface area (Å²) in [7, 11) is 0. The largest absolute Gasteiger partial charge is 0.375 e. The van der Waals surface area contributed by atoms with Crippen molar-refractivity contribution in [2.24, 2.45) is 11.8 Å². The van der Waals surface area contributed by atoms with Crippen molar-refractivity contribution in [1.82, 2.24) is 4.98 Å². The highest BCUT2D eigenvalue weighted by Gasteiger charge is 2.31. The number of nitrogens with zero attached hydrogens (tertiary/aromatic N) is 1. The summed E-state index contributed by atoms with van der Waals surface area (Å²) < 4.78 is 0. The minimum atomic E-state index is -0.111. The summed E-state index contributed by atoms with van der Waals surface area (Å²) in [5, 5.41) is 3.52. The standard InChI is InChI=1S/C27H34N2O.3H2/c1-3-19(2)26(29-23-12-5-4-6-13-23)25(30)18-20-9-7-11-22(17-20)27-24-14-8-10-21(24)15-16-28-27;;;/h4-6,8,12-16,19-20,22,26,29H,3,7,9-11,17-18H2,1-2H3;3*1H/t19-,20+,22?,26+;;;/m0.../s1. The number of hydrogen-bond donors (Lipinski definition) is 1. The van der Waals surface area contributed by atoms with Crippen molar-refractivity contribution in [3.8, 4) is 0 Å². The molecule has 1 heterocycles. The summed E-state index contributed by atoms with van der Waals surface area (Å²) in [6, 6.07) is 12.2. The Morgan fingerprint density at radius 1 is 1.23 bits per heavy atom. The average molecular weight is 409 g/mol. The van der Waals surface area contributed by atoms with Crippen LogP contribution in [0.4, 0.5) is 5.69 Å². The second-order valence-corrected chi connectivity index (χ2v) is 9.15. The van der Waals surface area contributed by atoms with Gasteiger partial charge in [0.05, 0.1) is 11.7 Å². The Kier molecular flexibility index (Phi) is 6.66. The molecule has 4 atom stereocenters. The summed E-state index contributed by atoms with van der Waals surface area (Å²) in [4.78, 5) is 18.1. The van der Waals surface area contributed by atoms with E-state index >= 15 is 0 Å². The Bertz CT molecular complexity index is 903. The van der Waals surface area contributed by atoms with Gasteiger partial charge in [0.25, 0.3) is 0 Å². The molecule has 0 bridgehead atoms. The molecular weight excluding hydrogens is 368 g/mol. The van der Waals surface area contributed by atoms with E-state index in [-0.39, 0.29) is 10.3 Å². The van der Waals surface area contributed by atoms with Crippen LogP contribution in [-0.2, 0) is 11.2 Å². The van der Waals surface area contributed by atoms with Crippen molar-refractivity contribution in [2.75, 3.05) is 5.32 Å². The molecule has 1 fully saturated rings. The van der Waals surface area contributed by atoms with Gasteiger partial charge in [-0.1, -0.05) is 57.0 Å². The molecule has 0 radical (unpaired) electrons. The molecule has 0 saturated heterocycles. The summed E-state index contributed by atoms with van der Waals surface area (Å²) >= 11 is 0. The van der Waals surface area contributed by atoms with Crippen molar-refractivity contribution in [3.63, 3.8) is 0 Å². The number of ketones is 1. The van der Waals surface area contributed by atoms with E-state index < -0.39 is 0 Å². The Balaban J connectivity index is 0.00000181. The second kappa shape index (κ2) is 9.59. The second-order valence-electron chi connectivity index (χ2n) is 9.15. The predicted molar refractivity (Wildman–Crippen MR) is 131 cm³/mol. The van der Waals surface area contributed by atoms with Gasteiger partial charge in [0.2, 0.25) is 0 Å². The first kappa shape index (κ1) is 20.8. The number of aromatic nitrogens is 1. The van der Waals surface area contributed by atoms with Crippen molar-refractivity contribution < 1.29 is 9.07 Å². The fourth-order valence-corrected chi connectivity index (χ4v) is 5.16. The number of fused-ring (bicyclic) bond motifs is 1. The van der Waals surface area contributed by atoms with Crippen LogP contribution in [0, 0.1) is 11.8 Å². The Labute approximate surface area is 185 Å². The van der Waals surface area contributed by atoms with Crippen LogP contribution in [0.1, 0.15) is 79.4 Å². The topological polar surface area (TPSA) is 42.0 Å². The highest BCUT2D eigenvalue weighted by molar-refractivity contribution is 5.87. The lowest BCUT2D eigenvalue weighted by molar-refractivity contribution is -0.121. The van der Waals surface area contributed by atoms with Crippen LogP contribution in [-0.4, -0.2) is 16.8 Å². The molecule has 1 N–H and O–H groups in total. The number of benzene rings is 1. The molecule has 3 heteroatoms. The van der Waals surface area contributed by atoms with E-state index in [0.29, 0.717) is 30.0 Å². The quantitative estimate of drug-likeness (QED) is 0.504. The minimum Gasteiger partial charge on any atom is -0.375 e. The molecule has 3 nitrogen and oxygen atoms in total. The van der Waals surface area contributed by atoms with E-state index in [2.05, 4.69) is 49.5 Å². The number of hydrogen-bond acceptors (Lipinski definition) is 3. The first-order chi connectivity index (χ1) is 14.7. The van der Waals surface area contributed by atoms with Gasteiger partial charge in [-0.25, -0.2) is 0 Å². The summed E-state index contributed by atoms with van der Waals surface area (Å²) in [5.41, 5.74) is 5.05. The first-order valence-corrected chi connectivity index (χ1v) is 11.6. The van der Waals surface area contributed by atoms with Gasteiger partial charge in [-0.3, -0.25) is 9.78 Å². The predicted octanol–water partition coefficient (Wildman–Crippen LogP) is 7.15. The summed E-state index contributed by atoms with van der Waals surface area (Å²) in [6.45, 7) is 4.36. The molecule has 2 aliphatic carbocycles. The number of allylic oxidation sites excluding steroid dienone is 1. The smallest absolute Gasteiger partial charge is 0.155 e. The third kappa shape index (κ3) is 4.66.